The van der Waals surface area contributed by atoms with Crippen molar-refractivity contribution in [2.24, 2.45) is 5.11 Å². The molecule has 0 spiro atoms. The van der Waals surface area contributed by atoms with Gasteiger partial charge in [-0.1, -0.05) is 5.11 Å². The molecule has 1 aromatic rings. The molecule has 1 aliphatic rings. The van der Waals surface area contributed by atoms with Crippen molar-refractivity contribution >= 4 is 23.0 Å². The minimum absolute atomic E-state index is 0.0865. The molecule has 174 valence electrons. The summed E-state index contributed by atoms with van der Waals surface area (Å²) in [5.74, 6) is -1.72. The highest BCUT2D eigenvalue weighted by Crippen LogP contribution is 2.65. The molecule has 0 saturated carbocycles. The van der Waals surface area contributed by atoms with Crippen molar-refractivity contribution in [1.29, 1.82) is 0 Å². The molecule has 17 nitrogen and oxygen atoms in total. The molecule has 1 saturated heterocycles. The van der Waals surface area contributed by atoms with Gasteiger partial charge >= 0.3 is 28.7 Å². The third-order valence-corrected chi connectivity index (χ3v) is 9.08. The number of aromatic amines is 1. The van der Waals surface area contributed by atoms with Crippen LogP contribution in [-0.2, 0) is 27.3 Å². The number of phosphoric acid groups is 1. The van der Waals surface area contributed by atoms with E-state index in [0.717, 1.165) is 4.57 Å². The van der Waals surface area contributed by atoms with Crippen LogP contribution < -0.4 is 11.2 Å². The summed E-state index contributed by atoms with van der Waals surface area (Å²) < 4.78 is 49.3. The number of ether oxygens (including phenoxy) is 1. The van der Waals surface area contributed by atoms with Crippen LogP contribution in [0.4, 0.5) is 0 Å². The van der Waals surface area contributed by atoms with E-state index in [1.165, 1.54) is 13.1 Å². The molecule has 1 fully saturated rings. The van der Waals surface area contributed by atoms with E-state index in [1.807, 2.05) is 0 Å². The fraction of sp³-hybridized carbons (Fsp3) is 0.636. The van der Waals surface area contributed by atoms with Crippen LogP contribution in [0.5, 0.6) is 0 Å². The van der Waals surface area contributed by atoms with Gasteiger partial charge in [0.15, 0.2) is 5.90 Å². The Labute approximate surface area is 172 Å². The Hall–Kier alpha value is -1.60. The number of phosphoric ester groups is 1. The average Bonchev–Trinajstić information content (AvgIpc) is 2.96. The molecule has 0 aliphatic carbocycles. The Balaban J connectivity index is 2.14. The zero-order chi connectivity index (χ0) is 23.6. The van der Waals surface area contributed by atoms with Gasteiger partial charge in [0, 0.05) is 23.1 Å². The van der Waals surface area contributed by atoms with Crippen LogP contribution >= 0.6 is 23.0 Å². The molecule has 31 heavy (non-hydrogen) atoms. The first kappa shape index (κ1) is 25.7. The van der Waals surface area contributed by atoms with Crippen molar-refractivity contribution in [3.05, 3.63) is 43.0 Å². The number of nitrogens with one attached hydrogen (secondary N) is 1. The van der Waals surface area contributed by atoms with Crippen LogP contribution in [0.2, 0.25) is 0 Å². The van der Waals surface area contributed by atoms with Crippen molar-refractivity contribution < 1.29 is 46.8 Å². The predicted molar refractivity (Wildman–Crippen MR) is 101 cm³/mol. The number of H-pyrrole nitrogens is 1. The number of hydrogen-bond acceptors (Lipinski definition) is 9. The summed E-state index contributed by atoms with van der Waals surface area (Å²) in [5.41, 5.74) is 7.44. The van der Waals surface area contributed by atoms with Gasteiger partial charge in [-0.3, -0.25) is 28.0 Å². The van der Waals surface area contributed by atoms with Gasteiger partial charge in [0.1, 0.15) is 6.23 Å². The fourth-order valence-electron chi connectivity index (χ4n) is 2.63. The topological polar surface area (TPSA) is 263 Å². The number of nitrogens with zero attached hydrogens (tertiary/aromatic N) is 4. The van der Waals surface area contributed by atoms with Crippen LogP contribution in [0.1, 0.15) is 18.2 Å². The van der Waals surface area contributed by atoms with E-state index in [-0.39, 0.29) is 12.0 Å². The molecule has 2 rings (SSSR count). The highest BCUT2D eigenvalue weighted by molar-refractivity contribution is 7.73. The number of hydrogen-bond donors (Lipinski definition) is 5. The van der Waals surface area contributed by atoms with Crippen LogP contribution in [-0.4, -0.2) is 53.8 Å². The summed E-state index contributed by atoms with van der Waals surface area (Å²) in [7, 11) is -15.6. The standard InChI is InChI=1S/C11H18N5O12P3/c1-6-3-16(11(18)13-10(6)17)9-2-7(14-15-12)8(27-9)4-26-31(24,25)28-30(22,23)5-29(19,20)21/h3,7-9H,2,4-5H2,1H3,(H,22,23)(H,24,25)(H,13,17,18)(H2,19,20,21)/t7-,8+,9+/m0/s1. The normalized spacial score (nSPS) is 25.4. The summed E-state index contributed by atoms with van der Waals surface area (Å²) >= 11 is 0. The summed E-state index contributed by atoms with van der Waals surface area (Å²) in [6.07, 6.45) is -1.16. The molecule has 5 atom stereocenters. The van der Waals surface area contributed by atoms with Gasteiger partial charge in [-0.05, 0) is 12.5 Å². The summed E-state index contributed by atoms with van der Waals surface area (Å²) in [6, 6.07) is -1.01. The van der Waals surface area contributed by atoms with Crippen molar-refractivity contribution in [3.8, 4) is 0 Å². The molecule has 1 aromatic heterocycles. The maximum atomic E-state index is 12.0. The van der Waals surface area contributed by atoms with E-state index in [9.17, 15) is 33.1 Å². The number of aryl methyl sites for hydroxylation is 1. The molecule has 2 unspecified atom stereocenters. The lowest BCUT2D eigenvalue weighted by atomic mass is 10.1. The van der Waals surface area contributed by atoms with Gasteiger partial charge < -0.3 is 24.3 Å². The Morgan fingerprint density at radius 1 is 1.32 bits per heavy atom. The lowest BCUT2D eigenvalue weighted by Gasteiger charge is -2.20. The average molecular weight is 505 g/mol. The van der Waals surface area contributed by atoms with Crippen molar-refractivity contribution in [2.45, 2.75) is 31.7 Å². The number of rotatable bonds is 9. The van der Waals surface area contributed by atoms with Gasteiger partial charge in [0.2, 0.25) is 0 Å². The summed E-state index contributed by atoms with van der Waals surface area (Å²) in [5, 5.41) is 3.44. The first-order chi connectivity index (χ1) is 14.1. The second-order valence-corrected chi connectivity index (χ2v) is 12.0. The molecule has 0 aromatic carbocycles. The van der Waals surface area contributed by atoms with Gasteiger partial charge in [0.25, 0.3) is 5.56 Å². The second kappa shape index (κ2) is 9.49. The van der Waals surface area contributed by atoms with E-state index in [2.05, 4.69) is 23.8 Å². The van der Waals surface area contributed by atoms with Crippen molar-refractivity contribution in [2.75, 3.05) is 12.5 Å². The SMILES string of the molecule is Cc1cn([C@H]2C[C@H](N=[N+]=[N-])[C@@H](COP(=O)(O)OP(=O)(O)CP(=O)(O)O)O2)c(=O)[nH]c1=O. The Kier molecular flexibility index (Phi) is 7.85. The maximum Gasteiger partial charge on any atom is 0.479 e. The molecule has 0 amide bonds. The van der Waals surface area contributed by atoms with Crippen LogP contribution in [0.3, 0.4) is 0 Å². The lowest BCUT2D eigenvalue weighted by Crippen LogP contribution is -2.33. The fourth-order valence-corrected chi connectivity index (χ4v) is 6.98. The Morgan fingerprint density at radius 2 is 1.97 bits per heavy atom. The van der Waals surface area contributed by atoms with E-state index in [0.29, 0.717) is 0 Å². The minimum atomic E-state index is -5.30. The summed E-state index contributed by atoms with van der Waals surface area (Å²) in [4.78, 5) is 64.5. The molecular formula is C11H18N5O12P3. The van der Waals surface area contributed by atoms with Crippen molar-refractivity contribution in [1.82, 2.24) is 9.55 Å². The van der Waals surface area contributed by atoms with Gasteiger partial charge in [0.05, 0.1) is 18.8 Å². The summed E-state index contributed by atoms with van der Waals surface area (Å²) in [6.45, 7) is 0.611. The van der Waals surface area contributed by atoms with E-state index in [1.54, 1.807) is 0 Å². The first-order valence-electron chi connectivity index (χ1n) is 8.19. The molecule has 2 heterocycles. The predicted octanol–water partition coefficient (Wildman–Crippen LogP) is 0.266. The first-order valence-corrected chi connectivity index (χ1v) is 13.2. The smallest absolute Gasteiger partial charge is 0.352 e. The lowest BCUT2D eigenvalue weighted by molar-refractivity contribution is -0.0265. The molecule has 1 aliphatic heterocycles. The third-order valence-electron chi connectivity index (χ3n) is 3.86. The maximum absolute atomic E-state index is 12.0. The molecular weight excluding hydrogens is 487 g/mol. The zero-order valence-corrected chi connectivity index (χ0v) is 18.3. The van der Waals surface area contributed by atoms with Crippen LogP contribution in [0.25, 0.3) is 10.4 Å². The second-order valence-electron chi connectivity index (χ2n) is 6.41. The van der Waals surface area contributed by atoms with E-state index >= 15 is 0 Å². The molecule has 5 N–H and O–H groups in total. The third kappa shape index (κ3) is 7.49. The van der Waals surface area contributed by atoms with E-state index < -0.39 is 65.1 Å². The number of aromatic nitrogens is 2. The minimum Gasteiger partial charge on any atom is -0.352 e. The van der Waals surface area contributed by atoms with E-state index in [4.69, 9.17) is 20.1 Å². The highest BCUT2D eigenvalue weighted by atomic mass is 31.3. The largest absolute Gasteiger partial charge is 0.479 e. The van der Waals surface area contributed by atoms with Crippen molar-refractivity contribution in [3.63, 3.8) is 0 Å². The van der Waals surface area contributed by atoms with Gasteiger partial charge in [-0.25, -0.2) is 13.7 Å². The quantitative estimate of drug-likeness (QED) is 0.131. The zero-order valence-electron chi connectivity index (χ0n) is 15.6. The highest BCUT2D eigenvalue weighted by Gasteiger charge is 2.42. The Bertz CT molecular complexity index is 1140. The molecule has 0 bridgehead atoms. The van der Waals surface area contributed by atoms with Gasteiger partial charge in [-0.2, -0.15) is 0 Å². The number of azide groups is 1. The monoisotopic (exact) mass is 505 g/mol. The van der Waals surface area contributed by atoms with Crippen LogP contribution in [0.15, 0.2) is 20.9 Å². The van der Waals surface area contributed by atoms with Crippen LogP contribution in [0, 0.1) is 6.92 Å². The van der Waals surface area contributed by atoms with Gasteiger partial charge in [-0.15, -0.1) is 0 Å². The molecule has 20 heteroatoms. The Morgan fingerprint density at radius 3 is 2.55 bits per heavy atom. The molecule has 0 radical (unpaired) electrons.